The minimum atomic E-state index is 1.17. The number of hydrogen-bond acceptors (Lipinski definition) is 1. The fourth-order valence-corrected chi connectivity index (χ4v) is 4.06. The molecule has 0 atom stereocenters. The van der Waals surface area contributed by atoms with Crippen LogP contribution < -0.4 is 4.90 Å². The highest BCUT2D eigenvalue weighted by Crippen LogP contribution is 2.33. The Kier molecular flexibility index (Phi) is 6.13. The fourth-order valence-electron chi connectivity index (χ4n) is 4.06. The van der Waals surface area contributed by atoms with Gasteiger partial charge in [0.1, 0.15) is 0 Å². The lowest BCUT2D eigenvalue weighted by Crippen LogP contribution is -2.09. The van der Waals surface area contributed by atoms with E-state index in [0.717, 1.165) is 0 Å². The van der Waals surface area contributed by atoms with Gasteiger partial charge in [0.2, 0.25) is 0 Å². The van der Waals surface area contributed by atoms with Gasteiger partial charge in [0, 0.05) is 17.1 Å². The van der Waals surface area contributed by atoms with Gasteiger partial charge in [-0.25, -0.2) is 0 Å². The predicted molar refractivity (Wildman–Crippen MR) is 143 cm³/mol. The van der Waals surface area contributed by atoms with Crippen molar-refractivity contribution in [2.75, 3.05) is 4.90 Å². The molecule has 1 nitrogen and oxygen atoms in total. The van der Waals surface area contributed by atoms with Crippen molar-refractivity contribution in [1.29, 1.82) is 0 Å². The minimum Gasteiger partial charge on any atom is -0.311 e. The van der Waals surface area contributed by atoms with Gasteiger partial charge < -0.3 is 4.90 Å². The van der Waals surface area contributed by atoms with Crippen molar-refractivity contribution in [1.82, 2.24) is 0 Å². The largest absolute Gasteiger partial charge is 0.311 e. The molecule has 6 aromatic carbocycles. The Morgan fingerprint density at radius 2 is 0.515 bits per heavy atom. The summed E-state index contributed by atoms with van der Waals surface area (Å²) in [6, 6.07) is 52.7. The van der Waals surface area contributed by atoms with Crippen LogP contribution in [-0.2, 0) is 0 Å². The van der Waals surface area contributed by atoms with E-state index in [1.165, 1.54) is 38.6 Å². The van der Waals surface area contributed by atoms with Crippen molar-refractivity contribution in [2.24, 2.45) is 0 Å². The van der Waals surface area contributed by atoms with Crippen LogP contribution in [0.1, 0.15) is 0 Å². The average Bonchev–Trinajstić information content (AvgIpc) is 2.90. The highest BCUT2D eigenvalue weighted by molar-refractivity contribution is 5.98. The molecule has 0 spiro atoms. The molecular weight excluding hydrogens is 398 g/mol. The van der Waals surface area contributed by atoms with Gasteiger partial charge in [-0.1, -0.05) is 103 Å². The molecule has 0 aromatic heterocycles. The third-order valence-corrected chi connectivity index (χ3v) is 5.66. The molecule has 0 bridgehead atoms. The Labute approximate surface area is 195 Å². The zero-order chi connectivity index (χ0) is 22.3. The summed E-state index contributed by atoms with van der Waals surface area (Å²) in [7, 11) is 0. The van der Waals surface area contributed by atoms with Crippen LogP contribution >= 0.6 is 0 Å². The second kappa shape index (κ2) is 9.84. The molecule has 0 aliphatic rings. The molecular formula is C32H25N. The van der Waals surface area contributed by atoms with Crippen molar-refractivity contribution < 1.29 is 0 Å². The summed E-state index contributed by atoms with van der Waals surface area (Å²) in [6.07, 6.45) is 0. The van der Waals surface area contributed by atoms with Gasteiger partial charge in [-0.3, -0.25) is 0 Å². The van der Waals surface area contributed by atoms with Gasteiger partial charge in [-0.2, -0.15) is 0 Å². The number of para-hydroxylation sites is 3. The number of rotatable bonds is 3. The van der Waals surface area contributed by atoms with Gasteiger partial charge in [-0.05, 0) is 70.1 Å². The topological polar surface area (TPSA) is 3.24 Å². The first-order valence-electron chi connectivity index (χ1n) is 11.2. The van der Waals surface area contributed by atoms with Gasteiger partial charge >= 0.3 is 0 Å². The molecule has 0 saturated carbocycles. The van der Waals surface area contributed by atoms with Crippen LogP contribution in [0, 0.1) is 0 Å². The Hall–Kier alpha value is -4.36. The highest BCUT2D eigenvalue weighted by Gasteiger charge is 2.10. The molecule has 0 amide bonds. The first-order chi connectivity index (χ1) is 16.4. The fraction of sp³-hybridized carbons (Fsp3) is 0. The van der Waals surface area contributed by atoms with E-state index in [0.29, 0.717) is 0 Å². The zero-order valence-electron chi connectivity index (χ0n) is 18.4. The molecule has 33 heavy (non-hydrogen) atoms. The zero-order valence-corrected chi connectivity index (χ0v) is 18.4. The Morgan fingerprint density at radius 3 is 0.788 bits per heavy atom. The number of benzene rings is 6. The lowest BCUT2D eigenvalue weighted by Gasteiger charge is -2.25. The Balaban J connectivity index is 0.000000144. The standard InChI is InChI=1S/C18H15N.C14H10/c1-4-10-16(11-5-1)19(17-12-6-2-7-13-17)18-14-8-3-9-15-18;1-2-6-12-10-14-8-4-3-7-13(14)9-11(12)5-1/h1-15H;1-10H. The van der Waals surface area contributed by atoms with Crippen LogP contribution in [0.15, 0.2) is 152 Å². The maximum atomic E-state index is 2.25. The Morgan fingerprint density at radius 1 is 0.273 bits per heavy atom. The quantitative estimate of drug-likeness (QED) is 0.256. The number of anilines is 3. The molecule has 0 fully saturated rings. The third kappa shape index (κ3) is 4.78. The van der Waals surface area contributed by atoms with E-state index >= 15 is 0 Å². The molecule has 0 saturated heterocycles. The van der Waals surface area contributed by atoms with E-state index in [1.54, 1.807) is 0 Å². The molecule has 0 aliphatic carbocycles. The number of hydrogen-bond donors (Lipinski definition) is 0. The average molecular weight is 424 g/mol. The summed E-state index contributed by atoms with van der Waals surface area (Å²) in [5.41, 5.74) is 3.50. The smallest absolute Gasteiger partial charge is 0.0461 e. The molecule has 0 aliphatic heterocycles. The number of fused-ring (bicyclic) bond motifs is 2. The van der Waals surface area contributed by atoms with Crippen molar-refractivity contribution in [3.63, 3.8) is 0 Å². The van der Waals surface area contributed by atoms with E-state index in [2.05, 4.69) is 138 Å². The number of nitrogens with zero attached hydrogens (tertiary/aromatic N) is 1. The van der Waals surface area contributed by atoms with Gasteiger partial charge in [-0.15, -0.1) is 0 Å². The van der Waals surface area contributed by atoms with E-state index in [1.807, 2.05) is 18.2 Å². The molecule has 0 heterocycles. The predicted octanol–water partition coefficient (Wildman–Crippen LogP) is 9.15. The molecule has 6 rings (SSSR count). The monoisotopic (exact) mass is 423 g/mol. The molecule has 1 heteroatoms. The normalized spacial score (nSPS) is 10.4. The van der Waals surface area contributed by atoms with Crippen LogP contribution in [-0.4, -0.2) is 0 Å². The van der Waals surface area contributed by atoms with Crippen molar-refractivity contribution in [2.45, 2.75) is 0 Å². The maximum Gasteiger partial charge on any atom is 0.0461 e. The van der Waals surface area contributed by atoms with E-state index in [-0.39, 0.29) is 0 Å². The lowest BCUT2D eigenvalue weighted by atomic mass is 10.0. The first-order valence-corrected chi connectivity index (χ1v) is 11.2. The van der Waals surface area contributed by atoms with Crippen LogP contribution in [0.4, 0.5) is 17.1 Å². The Bertz CT molecular complexity index is 1240. The SMILES string of the molecule is c1ccc(N(c2ccccc2)c2ccccc2)cc1.c1ccc2cc3ccccc3cc2c1. The van der Waals surface area contributed by atoms with Crippen molar-refractivity contribution in [3.8, 4) is 0 Å². The van der Waals surface area contributed by atoms with E-state index < -0.39 is 0 Å². The van der Waals surface area contributed by atoms with Crippen LogP contribution in [0.5, 0.6) is 0 Å². The van der Waals surface area contributed by atoms with Gasteiger partial charge in [0.05, 0.1) is 0 Å². The summed E-state index contributed by atoms with van der Waals surface area (Å²) < 4.78 is 0. The molecule has 0 N–H and O–H groups in total. The van der Waals surface area contributed by atoms with Crippen LogP contribution in [0.25, 0.3) is 21.5 Å². The second-order valence-electron chi connectivity index (χ2n) is 7.89. The molecule has 158 valence electrons. The van der Waals surface area contributed by atoms with Gasteiger partial charge in [0.25, 0.3) is 0 Å². The van der Waals surface area contributed by atoms with Crippen LogP contribution in [0.2, 0.25) is 0 Å². The van der Waals surface area contributed by atoms with E-state index in [9.17, 15) is 0 Å². The maximum absolute atomic E-state index is 2.25. The van der Waals surface area contributed by atoms with Gasteiger partial charge in [0.15, 0.2) is 0 Å². The first kappa shape index (κ1) is 20.5. The van der Waals surface area contributed by atoms with E-state index in [4.69, 9.17) is 0 Å². The summed E-state index contributed by atoms with van der Waals surface area (Å²) in [5, 5.41) is 5.25. The second-order valence-corrected chi connectivity index (χ2v) is 7.89. The third-order valence-electron chi connectivity index (χ3n) is 5.66. The summed E-state index contributed by atoms with van der Waals surface area (Å²) in [5.74, 6) is 0. The summed E-state index contributed by atoms with van der Waals surface area (Å²) >= 11 is 0. The van der Waals surface area contributed by atoms with Crippen LogP contribution in [0.3, 0.4) is 0 Å². The molecule has 0 radical (unpaired) electrons. The molecule has 6 aromatic rings. The lowest BCUT2D eigenvalue weighted by molar-refractivity contribution is 1.28. The van der Waals surface area contributed by atoms with Crippen molar-refractivity contribution in [3.05, 3.63) is 152 Å². The molecule has 0 unspecified atom stereocenters. The summed E-state index contributed by atoms with van der Waals surface area (Å²) in [6.45, 7) is 0. The minimum absolute atomic E-state index is 1.17. The summed E-state index contributed by atoms with van der Waals surface area (Å²) in [4.78, 5) is 2.25. The highest BCUT2D eigenvalue weighted by atomic mass is 15.1. The van der Waals surface area contributed by atoms with Crippen molar-refractivity contribution >= 4 is 38.6 Å².